The number of unbranched alkanes of at least 4 members (excludes halogenated alkanes) is 1. The lowest BCUT2D eigenvalue weighted by atomic mass is 9.87. The van der Waals surface area contributed by atoms with Gasteiger partial charge in [-0.15, -0.1) is 0 Å². The Bertz CT molecular complexity index is 516. The first kappa shape index (κ1) is 20.9. The lowest BCUT2D eigenvalue weighted by molar-refractivity contribution is -0.168. The van der Waals surface area contributed by atoms with Crippen LogP contribution in [-0.4, -0.2) is 58.0 Å². The third-order valence-corrected chi connectivity index (χ3v) is 4.38. The first-order valence-electron chi connectivity index (χ1n) is 8.25. The molecule has 142 valence electrons. The molecule has 0 aromatic rings. The molecule has 1 aliphatic rings. The zero-order valence-electron chi connectivity index (χ0n) is 14.2. The number of carbonyl (C=O) groups excluding carboxylic acids is 1. The molecule has 1 rings (SSSR count). The summed E-state index contributed by atoms with van der Waals surface area (Å²) in [6.45, 7) is 4.01. The van der Waals surface area contributed by atoms with Crippen molar-refractivity contribution in [3.05, 3.63) is 0 Å². The molecule has 1 heterocycles. The van der Waals surface area contributed by atoms with E-state index in [0.717, 1.165) is 25.7 Å². The number of carboxylic acids is 3. The summed E-state index contributed by atoms with van der Waals surface area (Å²) in [5.74, 6) is -9.53. The second-order valence-corrected chi connectivity index (χ2v) is 6.09. The van der Waals surface area contributed by atoms with E-state index in [1.54, 1.807) is 0 Å². The molecule has 5 atom stereocenters. The Kier molecular flexibility index (Phi) is 7.82. The Labute approximate surface area is 144 Å². The molecular formula is C16H24O9. The third kappa shape index (κ3) is 5.15. The van der Waals surface area contributed by atoms with Gasteiger partial charge in [0, 0.05) is 0 Å². The highest BCUT2D eigenvalue weighted by Gasteiger charge is 2.58. The van der Waals surface area contributed by atoms with Gasteiger partial charge in [-0.2, -0.15) is 0 Å². The van der Waals surface area contributed by atoms with E-state index in [9.17, 15) is 24.3 Å². The molecule has 5 unspecified atom stereocenters. The number of carbonyl (C=O) groups is 4. The van der Waals surface area contributed by atoms with Crippen LogP contribution in [0.4, 0.5) is 0 Å². The van der Waals surface area contributed by atoms with E-state index in [-0.39, 0.29) is 12.5 Å². The maximum atomic E-state index is 12.2. The van der Waals surface area contributed by atoms with Gasteiger partial charge in [-0.3, -0.25) is 9.59 Å². The minimum absolute atomic E-state index is 0.0526. The van der Waals surface area contributed by atoms with Gasteiger partial charge in [-0.25, -0.2) is 9.59 Å². The van der Waals surface area contributed by atoms with E-state index in [2.05, 4.69) is 0 Å². The maximum absolute atomic E-state index is 12.2. The van der Waals surface area contributed by atoms with Crippen molar-refractivity contribution in [2.45, 2.75) is 51.7 Å². The zero-order chi connectivity index (χ0) is 19.1. The SMILES string of the molecule is CCCCC(CC)COC(=O)C1OC(C(=O)O)C(C(=O)O)C1C(=O)O. The van der Waals surface area contributed by atoms with E-state index < -0.39 is 47.9 Å². The van der Waals surface area contributed by atoms with Crippen LogP contribution in [0, 0.1) is 17.8 Å². The second kappa shape index (κ2) is 9.36. The average Bonchev–Trinajstić information content (AvgIpc) is 2.96. The standard InChI is InChI=1S/C16H24O9/c1-3-5-6-8(4-2)7-24-16(23)12-10(14(19)20)9(13(17)18)11(25-12)15(21)22/h8-12H,3-7H2,1-2H3,(H,17,18)(H,19,20)(H,21,22). The summed E-state index contributed by atoms with van der Waals surface area (Å²) in [5.41, 5.74) is 0. The van der Waals surface area contributed by atoms with Gasteiger partial charge < -0.3 is 24.8 Å². The summed E-state index contributed by atoms with van der Waals surface area (Å²) in [6.07, 6.45) is -0.143. The Morgan fingerprint density at radius 1 is 0.960 bits per heavy atom. The first-order valence-corrected chi connectivity index (χ1v) is 8.25. The van der Waals surface area contributed by atoms with Gasteiger partial charge in [0.05, 0.1) is 6.61 Å². The van der Waals surface area contributed by atoms with Crippen molar-refractivity contribution in [1.29, 1.82) is 0 Å². The highest BCUT2D eigenvalue weighted by atomic mass is 16.6. The van der Waals surface area contributed by atoms with Gasteiger partial charge in [-0.1, -0.05) is 33.1 Å². The zero-order valence-corrected chi connectivity index (χ0v) is 14.2. The van der Waals surface area contributed by atoms with Crippen molar-refractivity contribution in [1.82, 2.24) is 0 Å². The molecule has 0 aliphatic carbocycles. The molecule has 0 aromatic carbocycles. The molecule has 0 amide bonds. The molecule has 1 saturated heterocycles. The van der Waals surface area contributed by atoms with Crippen LogP contribution in [0.3, 0.4) is 0 Å². The molecule has 0 bridgehead atoms. The van der Waals surface area contributed by atoms with Gasteiger partial charge in [0.2, 0.25) is 0 Å². The Morgan fingerprint density at radius 3 is 1.96 bits per heavy atom. The summed E-state index contributed by atoms with van der Waals surface area (Å²) in [6, 6.07) is 0. The summed E-state index contributed by atoms with van der Waals surface area (Å²) in [7, 11) is 0. The molecule has 0 spiro atoms. The molecule has 1 aliphatic heterocycles. The van der Waals surface area contributed by atoms with Crippen molar-refractivity contribution in [3.63, 3.8) is 0 Å². The number of hydrogen-bond acceptors (Lipinski definition) is 6. The number of carboxylic acid groups (broad SMARTS) is 3. The first-order chi connectivity index (χ1) is 11.7. The predicted octanol–water partition coefficient (Wildman–Crippen LogP) is 1.000. The number of rotatable bonds is 10. The van der Waals surface area contributed by atoms with Crippen LogP contribution in [0.5, 0.6) is 0 Å². The lowest BCUT2D eigenvalue weighted by Gasteiger charge is -2.18. The third-order valence-electron chi connectivity index (χ3n) is 4.38. The molecular weight excluding hydrogens is 336 g/mol. The molecule has 9 heteroatoms. The smallest absolute Gasteiger partial charge is 0.336 e. The predicted molar refractivity (Wildman–Crippen MR) is 82.8 cm³/mol. The Morgan fingerprint density at radius 2 is 1.52 bits per heavy atom. The van der Waals surface area contributed by atoms with Crippen LogP contribution in [0.1, 0.15) is 39.5 Å². The van der Waals surface area contributed by atoms with E-state index in [1.165, 1.54) is 0 Å². The fourth-order valence-corrected chi connectivity index (χ4v) is 2.86. The average molecular weight is 360 g/mol. The van der Waals surface area contributed by atoms with Crippen LogP contribution < -0.4 is 0 Å². The maximum Gasteiger partial charge on any atom is 0.336 e. The number of ether oxygens (including phenoxy) is 2. The summed E-state index contributed by atoms with van der Waals surface area (Å²) in [4.78, 5) is 46.0. The molecule has 25 heavy (non-hydrogen) atoms. The van der Waals surface area contributed by atoms with Crippen molar-refractivity contribution >= 4 is 23.9 Å². The van der Waals surface area contributed by atoms with Crippen LogP contribution in [0.15, 0.2) is 0 Å². The van der Waals surface area contributed by atoms with Crippen molar-refractivity contribution in [2.24, 2.45) is 17.8 Å². The highest BCUT2D eigenvalue weighted by Crippen LogP contribution is 2.34. The monoisotopic (exact) mass is 360 g/mol. The van der Waals surface area contributed by atoms with Crippen LogP contribution in [-0.2, 0) is 28.7 Å². The van der Waals surface area contributed by atoms with E-state index in [1.807, 2.05) is 13.8 Å². The Hall–Kier alpha value is -2.16. The quantitative estimate of drug-likeness (QED) is 0.485. The molecule has 3 N–H and O–H groups in total. The van der Waals surface area contributed by atoms with Gasteiger partial charge in [0.25, 0.3) is 0 Å². The largest absolute Gasteiger partial charge is 0.481 e. The van der Waals surface area contributed by atoms with Gasteiger partial charge in [0.1, 0.15) is 11.8 Å². The minimum atomic E-state index is -1.92. The molecule has 0 saturated carbocycles. The second-order valence-electron chi connectivity index (χ2n) is 6.09. The molecule has 9 nitrogen and oxygen atoms in total. The van der Waals surface area contributed by atoms with Crippen molar-refractivity contribution < 1.29 is 44.0 Å². The van der Waals surface area contributed by atoms with Gasteiger partial charge in [0.15, 0.2) is 12.2 Å². The normalized spacial score (nSPS) is 26.8. The van der Waals surface area contributed by atoms with Crippen molar-refractivity contribution in [2.75, 3.05) is 6.61 Å². The fourth-order valence-electron chi connectivity index (χ4n) is 2.86. The summed E-state index contributed by atoms with van der Waals surface area (Å²) < 4.78 is 10.0. The fraction of sp³-hybridized carbons (Fsp3) is 0.750. The van der Waals surface area contributed by atoms with E-state index in [4.69, 9.17) is 19.7 Å². The summed E-state index contributed by atoms with van der Waals surface area (Å²) >= 11 is 0. The van der Waals surface area contributed by atoms with E-state index >= 15 is 0 Å². The van der Waals surface area contributed by atoms with E-state index in [0.29, 0.717) is 0 Å². The van der Waals surface area contributed by atoms with Crippen molar-refractivity contribution in [3.8, 4) is 0 Å². The van der Waals surface area contributed by atoms with Crippen LogP contribution in [0.25, 0.3) is 0 Å². The number of esters is 1. The van der Waals surface area contributed by atoms with Gasteiger partial charge >= 0.3 is 23.9 Å². The molecule has 0 radical (unpaired) electrons. The topological polar surface area (TPSA) is 147 Å². The lowest BCUT2D eigenvalue weighted by Crippen LogP contribution is -2.39. The van der Waals surface area contributed by atoms with Crippen LogP contribution in [0.2, 0.25) is 0 Å². The molecule has 0 aromatic heterocycles. The van der Waals surface area contributed by atoms with Crippen LogP contribution >= 0.6 is 0 Å². The Balaban J connectivity index is 2.86. The van der Waals surface area contributed by atoms with Gasteiger partial charge in [-0.05, 0) is 12.3 Å². The highest BCUT2D eigenvalue weighted by molar-refractivity contribution is 5.92. The molecule has 1 fully saturated rings. The number of aliphatic carboxylic acids is 3. The summed E-state index contributed by atoms with van der Waals surface area (Å²) in [5, 5.41) is 27.4. The minimum Gasteiger partial charge on any atom is -0.481 e. The number of hydrogen-bond donors (Lipinski definition) is 3.